The summed E-state index contributed by atoms with van der Waals surface area (Å²) >= 11 is 0. The number of hydrogen-bond donors (Lipinski definition) is 0. The van der Waals surface area contributed by atoms with Gasteiger partial charge in [0.05, 0.1) is 7.11 Å². The normalized spacial score (nSPS) is 18.3. The SMILES string of the molecule is COc1ccc2c(c1)c(C=CC(=O)N1CCN(CCc3ccc4c(c3)OCO4)CC1)c(C)n2CCCN1CCN(C)CC1. The molecule has 6 rings (SSSR count). The van der Waals surface area contributed by atoms with Crippen LogP contribution in [-0.2, 0) is 17.8 Å². The van der Waals surface area contributed by atoms with Crippen molar-refractivity contribution < 1.29 is 19.0 Å². The van der Waals surface area contributed by atoms with Gasteiger partial charge in [-0.3, -0.25) is 9.69 Å². The maximum atomic E-state index is 13.3. The second-order valence-electron chi connectivity index (χ2n) is 12.0. The Balaban J connectivity index is 1.06. The van der Waals surface area contributed by atoms with Gasteiger partial charge < -0.3 is 33.5 Å². The molecule has 0 atom stereocenters. The van der Waals surface area contributed by atoms with Crippen molar-refractivity contribution in [3.63, 3.8) is 0 Å². The fraction of sp³-hybridized carbons (Fsp3) is 0.500. The summed E-state index contributed by atoms with van der Waals surface area (Å²) in [6, 6.07) is 12.5. The van der Waals surface area contributed by atoms with E-state index in [0.717, 1.165) is 113 Å². The van der Waals surface area contributed by atoms with Gasteiger partial charge in [0.2, 0.25) is 12.7 Å². The van der Waals surface area contributed by atoms with Gasteiger partial charge in [0, 0.05) is 93.7 Å². The van der Waals surface area contributed by atoms with Gasteiger partial charge in [0.15, 0.2) is 11.5 Å². The Labute approximate surface area is 255 Å². The number of carbonyl (C=O) groups is 1. The molecule has 0 N–H and O–H groups in total. The summed E-state index contributed by atoms with van der Waals surface area (Å²) in [7, 11) is 3.90. The molecular formula is C34H45N5O4. The number of likely N-dealkylation sites (N-methyl/N-ethyl adjacent to an activating group) is 1. The lowest BCUT2D eigenvalue weighted by atomic mass is 10.1. The van der Waals surface area contributed by atoms with Crippen LogP contribution in [0.2, 0.25) is 0 Å². The van der Waals surface area contributed by atoms with E-state index in [2.05, 4.69) is 57.5 Å². The van der Waals surface area contributed by atoms with Crippen molar-refractivity contribution in [3.8, 4) is 17.2 Å². The smallest absolute Gasteiger partial charge is 0.246 e. The molecule has 9 nitrogen and oxygen atoms in total. The molecule has 3 aliphatic rings. The van der Waals surface area contributed by atoms with Crippen molar-refractivity contribution in [2.75, 3.05) is 86.4 Å². The molecule has 3 aromatic rings. The lowest BCUT2D eigenvalue weighted by Gasteiger charge is -2.34. The number of rotatable bonds is 10. The Kier molecular flexibility index (Phi) is 9.21. The van der Waals surface area contributed by atoms with Crippen LogP contribution in [0.5, 0.6) is 17.2 Å². The standard InChI is InChI=1S/C34H45N5O4/c1-26-29(30-24-28(41-3)6-8-31(30)39(26)13-4-12-36-17-15-35(2)16-18-36)7-10-34(40)38-21-19-37(20-22-38)14-11-27-5-9-32-33(23-27)43-25-42-32/h5-10,23-24H,4,11-22,25H2,1-3H3. The molecule has 2 saturated heterocycles. The number of fused-ring (bicyclic) bond motifs is 2. The van der Waals surface area contributed by atoms with Gasteiger partial charge in [-0.2, -0.15) is 0 Å². The topological polar surface area (TPSA) is 62.7 Å². The maximum Gasteiger partial charge on any atom is 0.246 e. The van der Waals surface area contributed by atoms with Crippen LogP contribution < -0.4 is 14.2 Å². The summed E-state index contributed by atoms with van der Waals surface area (Å²) in [6.07, 6.45) is 5.83. The average molecular weight is 588 g/mol. The van der Waals surface area contributed by atoms with Crippen molar-refractivity contribution in [3.05, 3.63) is 59.3 Å². The van der Waals surface area contributed by atoms with Crippen LogP contribution in [0.4, 0.5) is 0 Å². The van der Waals surface area contributed by atoms with Crippen LogP contribution in [0, 0.1) is 6.92 Å². The predicted molar refractivity (Wildman–Crippen MR) is 170 cm³/mol. The lowest BCUT2D eigenvalue weighted by Crippen LogP contribution is -2.48. The Bertz CT molecular complexity index is 1450. The van der Waals surface area contributed by atoms with E-state index >= 15 is 0 Å². The molecule has 0 aliphatic carbocycles. The first-order chi connectivity index (χ1) is 21.0. The summed E-state index contributed by atoms with van der Waals surface area (Å²) in [5, 5.41) is 1.13. The summed E-state index contributed by atoms with van der Waals surface area (Å²) in [6.45, 7) is 13.3. The maximum absolute atomic E-state index is 13.3. The van der Waals surface area contributed by atoms with Crippen molar-refractivity contribution in [1.82, 2.24) is 24.2 Å². The van der Waals surface area contributed by atoms with E-state index in [1.807, 2.05) is 23.1 Å². The highest BCUT2D eigenvalue weighted by molar-refractivity contribution is 5.98. The Morgan fingerprint density at radius 1 is 0.884 bits per heavy atom. The minimum absolute atomic E-state index is 0.0775. The number of benzene rings is 2. The second-order valence-corrected chi connectivity index (χ2v) is 12.0. The van der Waals surface area contributed by atoms with Gasteiger partial charge in [-0.05, 0) is 75.3 Å². The van der Waals surface area contributed by atoms with E-state index in [4.69, 9.17) is 14.2 Å². The number of amides is 1. The van der Waals surface area contributed by atoms with Gasteiger partial charge in [-0.1, -0.05) is 6.07 Å². The third kappa shape index (κ3) is 6.84. The number of carbonyl (C=O) groups excluding carboxylic acids is 1. The number of aryl methyl sites for hydroxylation is 1. The van der Waals surface area contributed by atoms with Crippen LogP contribution in [-0.4, -0.2) is 116 Å². The van der Waals surface area contributed by atoms with Crippen LogP contribution >= 0.6 is 0 Å². The monoisotopic (exact) mass is 587 g/mol. The molecule has 0 unspecified atom stereocenters. The molecule has 230 valence electrons. The van der Waals surface area contributed by atoms with E-state index in [-0.39, 0.29) is 5.91 Å². The molecule has 1 amide bonds. The molecule has 0 radical (unpaired) electrons. The van der Waals surface area contributed by atoms with E-state index in [1.165, 1.54) is 16.8 Å². The molecular weight excluding hydrogens is 542 g/mol. The Morgan fingerprint density at radius 2 is 1.63 bits per heavy atom. The first-order valence-corrected chi connectivity index (χ1v) is 15.6. The summed E-state index contributed by atoms with van der Waals surface area (Å²) in [5.41, 5.74) is 4.74. The molecule has 43 heavy (non-hydrogen) atoms. The number of nitrogens with zero attached hydrogens (tertiary/aromatic N) is 5. The molecule has 9 heteroatoms. The van der Waals surface area contributed by atoms with Crippen LogP contribution in [0.15, 0.2) is 42.5 Å². The minimum atomic E-state index is 0.0775. The molecule has 1 aromatic heterocycles. The van der Waals surface area contributed by atoms with E-state index in [1.54, 1.807) is 13.2 Å². The van der Waals surface area contributed by atoms with Crippen molar-refractivity contribution in [2.45, 2.75) is 26.3 Å². The van der Waals surface area contributed by atoms with Gasteiger partial charge in [0.25, 0.3) is 0 Å². The van der Waals surface area contributed by atoms with Gasteiger partial charge in [-0.25, -0.2) is 0 Å². The number of methoxy groups -OCH3 is 1. The zero-order valence-corrected chi connectivity index (χ0v) is 25.9. The number of piperazine rings is 2. The first kappa shape index (κ1) is 29.5. The number of aromatic nitrogens is 1. The van der Waals surface area contributed by atoms with Gasteiger partial charge in [0.1, 0.15) is 5.75 Å². The summed E-state index contributed by atoms with van der Waals surface area (Å²) < 4.78 is 18.9. The minimum Gasteiger partial charge on any atom is -0.497 e. The van der Waals surface area contributed by atoms with Crippen LogP contribution in [0.25, 0.3) is 17.0 Å². The molecule has 0 bridgehead atoms. The molecule has 3 aliphatic heterocycles. The highest BCUT2D eigenvalue weighted by Gasteiger charge is 2.21. The number of hydrogen-bond acceptors (Lipinski definition) is 7. The molecule has 0 saturated carbocycles. The Hall–Kier alpha value is -3.53. The second kappa shape index (κ2) is 13.4. The van der Waals surface area contributed by atoms with E-state index in [9.17, 15) is 4.79 Å². The highest BCUT2D eigenvalue weighted by atomic mass is 16.7. The molecule has 0 spiro atoms. The number of ether oxygens (including phenoxy) is 3. The largest absolute Gasteiger partial charge is 0.497 e. The quantitative estimate of drug-likeness (QED) is 0.335. The zero-order chi connectivity index (χ0) is 29.8. The van der Waals surface area contributed by atoms with Crippen molar-refractivity contribution in [2.24, 2.45) is 0 Å². The average Bonchev–Trinajstić information content (AvgIpc) is 3.61. The third-order valence-corrected chi connectivity index (χ3v) is 9.26. The zero-order valence-electron chi connectivity index (χ0n) is 25.9. The van der Waals surface area contributed by atoms with Crippen molar-refractivity contribution >= 4 is 22.9 Å². The van der Waals surface area contributed by atoms with Crippen LogP contribution in [0.1, 0.15) is 23.2 Å². The summed E-state index contributed by atoms with van der Waals surface area (Å²) in [4.78, 5) is 22.6. The first-order valence-electron chi connectivity index (χ1n) is 15.6. The van der Waals surface area contributed by atoms with Crippen molar-refractivity contribution in [1.29, 1.82) is 0 Å². The van der Waals surface area contributed by atoms with Crippen LogP contribution in [0.3, 0.4) is 0 Å². The fourth-order valence-corrected chi connectivity index (χ4v) is 6.47. The van der Waals surface area contributed by atoms with E-state index < -0.39 is 0 Å². The molecule has 2 fully saturated rings. The third-order valence-electron chi connectivity index (χ3n) is 9.26. The van der Waals surface area contributed by atoms with Gasteiger partial charge >= 0.3 is 0 Å². The molecule has 2 aromatic carbocycles. The Morgan fingerprint density at radius 3 is 2.42 bits per heavy atom. The van der Waals surface area contributed by atoms with Gasteiger partial charge in [-0.15, -0.1) is 0 Å². The highest BCUT2D eigenvalue weighted by Crippen LogP contribution is 2.33. The lowest BCUT2D eigenvalue weighted by molar-refractivity contribution is -0.127. The fourth-order valence-electron chi connectivity index (χ4n) is 6.47. The predicted octanol–water partition coefficient (Wildman–Crippen LogP) is 3.72. The molecule has 4 heterocycles. The summed E-state index contributed by atoms with van der Waals surface area (Å²) in [5.74, 6) is 2.57. The van der Waals surface area contributed by atoms with E-state index in [0.29, 0.717) is 6.79 Å².